The molecule has 1 N–H and O–H groups in total. The predicted molar refractivity (Wildman–Crippen MR) is 85.8 cm³/mol. The molecule has 6 heteroatoms. The van der Waals surface area contributed by atoms with Gasteiger partial charge in [0.1, 0.15) is 0 Å². The molecular formula is C15H19N3O2S. The topological polar surface area (TPSA) is 64.0 Å². The van der Waals surface area contributed by atoms with Gasteiger partial charge in [-0.05, 0) is 25.5 Å². The highest BCUT2D eigenvalue weighted by atomic mass is 32.2. The van der Waals surface area contributed by atoms with Gasteiger partial charge in [0.05, 0.1) is 16.7 Å². The number of fused-ring (bicyclic) bond motifs is 1. The summed E-state index contributed by atoms with van der Waals surface area (Å²) in [6.45, 7) is 4.02. The van der Waals surface area contributed by atoms with Crippen molar-refractivity contribution < 1.29 is 4.79 Å². The van der Waals surface area contributed by atoms with Crippen LogP contribution in [0, 0.1) is 0 Å². The van der Waals surface area contributed by atoms with Gasteiger partial charge >= 0.3 is 0 Å². The second-order valence-corrected chi connectivity index (χ2v) is 5.75. The zero-order valence-electron chi connectivity index (χ0n) is 12.4. The van der Waals surface area contributed by atoms with Crippen molar-refractivity contribution in [2.24, 2.45) is 0 Å². The molecule has 5 nitrogen and oxygen atoms in total. The summed E-state index contributed by atoms with van der Waals surface area (Å²) in [4.78, 5) is 28.7. The first kappa shape index (κ1) is 15.6. The summed E-state index contributed by atoms with van der Waals surface area (Å²) in [5.41, 5.74) is 0.621. The van der Waals surface area contributed by atoms with E-state index in [4.69, 9.17) is 0 Å². The monoisotopic (exact) mass is 305 g/mol. The van der Waals surface area contributed by atoms with E-state index in [-0.39, 0.29) is 23.3 Å². The lowest BCUT2D eigenvalue weighted by Gasteiger charge is -2.18. The van der Waals surface area contributed by atoms with Crippen molar-refractivity contribution in [3.63, 3.8) is 0 Å². The summed E-state index contributed by atoms with van der Waals surface area (Å²) < 4.78 is 1.69. The van der Waals surface area contributed by atoms with Crippen molar-refractivity contribution in [2.45, 2.75) is 31.5 Å². The lowest BCUT2D eigenvalue weighted by molar-refractivity contribution is -0.118. The normalized spacial score (nSPS) is 12.3. The van der Waals surface area contributed by atoms with Crippen molar-refractivity contribution in [1.82, 2.24) is 14.9 Å². The Labute approximate surface area is 127 Å². The number of aromatic nitrogens is 2. The quantitative estimate of drug-likeness (QED) is 0.679. The van der Waals surface area contributed by atoms with Gasteiger partial charge in [-0.3, -0.25) is 14.2 Å². The van der Waals surface area contributed by atoms with Gasteiger partial charge in [0, 0.05) is 13.1 Å². The van der Waals surface area contributed by atoms with Gasteiger partial charge < -0.3 is 5.32 Å². The van der Waals surface area contributed by atoms with Crippen LogP contribution in [0.15, 0.2) is 34.2 Å². The fraction of sp³-hybridized carbons (Fsp3) is 0.400. The Kier molecular flexibility index (Phi) is 5.01. The molecule has 1 amide bonds. The number of amides is 1. The average Bonchev–Trinajstić information content (AvgIpc) is 2.52. The Morgan fingerprint density at radius 3 is 2.81 bits per heavy atom. The molecule has 0 aliphatic carbocycles. The molecule has 0 spiro atoms. The maximum atomic E-state index is 12.7. The van der Waals surface area contributed by atoms with Gasteiger partial charge in [0.15, 0.2) is 5.16 Å². The SMILES string of the molecule is CC[C@H](C)n1c(SCC(=O)NC)nc2ccccc2c1=O. The van der Waals surface area contributed by atoms with Crippen molar-refractivity contribution >= 4 is 28.6 Å². The summed E-state index contributed by atoms with van der Waals surface area (Å²) in [5, 5.41) is 3.78. The Balaban J connectivity index is 2.55. The predicted octanol–water partition coefficient (Wildman–Crippen LogP) is 2.21. The molecule has 21 heavy (non-hydrogen) atoms. The van der Waals surface area contributed by atoms with E-state index in [1.807, 2.05) is 32.0 Å². The minimum absolute atomic E-state index is 0.0433. The second kappa shape index (κ2) is 6.76. The molecule has 1 atom stereocenters. The van der Waals surface area contributed by atoms with E-state index in [0.29, 0.717) is 16.1 Å². The van der Waals surface area contributed by atoms with E-state index in [1.54, 1.807) is 17.7 Å². The fourth-order valence-corrected chi connectivity index (χ4v) is 2.97. The van der Waals surface area contributed by atoms with Crippen LogP contribution in [0.2, 0.25) is 0 Å². The molecule has 112 valence electrons. The lowest BCUT2D eigenvalue weighted by atomic mass is 10.2. The van der Waals surface area contributed by atoms with E-state index < -0.39 is 0 Å². The molecular weight excluding hydrogens is 286 g/mol. The van der Waals surface area contributed by atoms with Gasteiger partial charge in [0.25, 0.3) is 5.56 Å². The van der Waals surface area contributed by atoms with Crippen LogP contribution in [0.3, 0.4) is 0 Å². The smallest absolute Gasteiger partial charge is 0.262 e. The highest BCUT2D eigenvalue weighted by Gasteiger charge is 2.16. The Bertz CT molecular complexity index is 712. The van der Waals surface area contributed by atoms with Crippen LogP contribution in [0.25, 0.3) is 10.9 Å². The molecule has 0 aliphatic rings. The van der Waals surface area contributed by atoms with Crippen LogP contribution >= 0.6 is 11.8 Å². The number of carbonyl (C=O) groups excluding carboxylic acids is 1. The van der Waals surface area contributed by atoms with Gasteiger partial charge in [-0.2, -0.15) is 0 Å². The maximum Gasteiger partial charge on any atom is 0.262 e. The van der Waals surface area contributed by atoms with Crippen LogP contribution in [0.1, 0.15) is 26.3 Å². The van der Waals surface area contributed by atoms with Gasteiger partial charge in [-0.1, -0.05) is 30.8 Å². The summed E-state index contributed by atoms with van der Waals surface area (Å²) in [6.07, 6.45) is 0.827. The fourth-order valence-electron chi connectivity index (χ4n) is 2.00. The zero-order valence-corrected chi connectivity index (χ0v) is 13.2. The van der Waals surface area contributed by atoms with Crippen molar-refractivity contribution in [3.05, 3.63) is 34.6 Å². The van der Waals surface area contributed by atoms with Crippen LogP contribution < -0.4 is 10.9 Å². The van der Waals surface area contributed by atoms with Gasteiger partial charge in [0.2, 0.25) is 5.91 Å². The maximum absolute atomic E-state index is 12.7. The first-order chi connectivity index (χ1) is 10.1. The average molecular weight is 305 g/mol. The molecule has 0 fully saturated rings. The number of nitrogens with zero attached hydrogens (tertiary/aromatic N) is 2. The summed E-state index contributed by atoms with van der Waals surface area (Å²) in [6, 6.07) is 7.35. The van der Waals surface area contributed by atoms with E-state index in [2.05, 4.69) is 10.3 Å². The van der Waals surface area contributed by atoms with Gasteiger partial charge in [-0.25, -0.2) is 4.98 Å². The standard InChI is InChI=1S/C15H19N3O2S/c1-4-10(2)18-14(20)11-7-5-6-8-12(11)17-15(18)21-9-13(19)16-3/h5-8,10H,4,9H2,1-3H3,(H,16,19)/t10-/m0/s1. The second-order valence-electron chi connectivity index (χ2n) is 4.81. The minimum Gasteiger partial charge on any atom is -0.358 e. The molecule has 0 bridgehead atoms. The number of rotatable bonds is 5. The molecule has 0 radical (unpaired) electrons. The number of nitrogens with one attached hydrogen (secondary N) is 1. The van der Waals surface area contributed by atoms with E-state index >= 15 is 0 Å². The third-order valence-corrected chi connectivity index (χ3v) is 4.37. The van der Waals surface area contributed by atoms with Gasteiger partial charge in [-0.15, -0.1) is 0 Å². The molecule has 0 aliphatic heterocycles. The first-order valence-electron chi connectivity index (χ1n) is 6.93. The summed E-state index contributed by atoms with van der Waals surface area (Å²) >= 11 is 1.29. The number of hydrogen-bond donors (Lipinski definition) is 1. The molecule has 2 aromatic rings. The number of benzene rings is 1. The third kappa shape index (κ3) is 3.26. The van der Waals surface area contributed by atoms with Crippen LogP contribution in [-0.4, -0.2) is 28.3 Å². The molecule has 2 rings (SSSR count). The zero-order chi connectivity index (χ0) is 15.4. The minimum atomic E-state index is -0.0851. The molecule has 0 saturated heterocycles. The Morgan fingerprint density at radius 1 is 1.43 bits per heavy atom. The number of thioether (sulfide) groups is 1. The molecule has 0 saturated carbocycles. The number of hydrogen-bond acceptors (Lipinski definition) is 4. The van der Waals surface area contributed by atoms with Crippen molar-refractivity contribution in [2.75, 3.05) is 12.8 Å². The molecule has 1 aromatic carbocycles. The lowest BCUT2D eigenvalue weighted by Crippen LogP contribution is -2.27. The highest BCUT2D eigenvalue weighted by molar-refractivity contribution is 7.99. The van der Waals surface area contributed by atoms with Crippen LogP contribution in [0.4, 0.5) is 0 Å². The largest absolute Gasteiger partial charge is 0.358 e. The van der Waals surface area contributed by atoms with Crippen molar-refractivity contribution in [3.8, 4) is 0 Å². The summed E-state index contributed by atoms with van der Waals surface area (Å²) in [5.74, 6) is 0.163. The Hall–Kier alpha value is -1.82. The molecule has 1 heterocycles. The molecule has 0 unspecified atom stereocenters. The molecule has 1 aromatic heterocycles. The third-order valence-electron chi connectivity index (χ3n) is 3.42. The first-order valence-corrected chi connectivity index (χ1v) is 7.91. The van der Waals surface area contributed by atoms with Crippen molar-refractivity contribution in [1.29, 1.82) is 0 Å². The Morgan fingerprint density at radius 2 is 2.14 bits per heavy atom. The van der Waals surface area contributed by atoms with E-state index in [0.717, 1.165) is 6.42 Å². The van der Waals surface area contributed by atoms with E-state index in [1.165, 1.54) is 11.8 Å². The van der Waals surface area contributed by atoms with Crippen LogP contribution in [-0.2, 0) is 4.79 Å². The highest BCUT2D eigenvalue weighted by Crippen LogP contribution is 2.22. The number of carbonyl (C=O) groups is 1. The summed E-state index contributed by atoms with van der Waals surface area (Å²) in [7, 11) is 1.60. The van der Waals surface area contributed by atoms with E-state index in [9.17, 15) is 9.59 Å². The number of para-hydroxylation sites is 1. The van der Waals surface area contributed by atoms with Crippen LogP contribution in [0.5, 0.6) is 0 Å².